The average molecular weight is 281 g/mol. The van der Waals surface area contributed by atoms with E-state index in [1.807, 2.05) is 0 Å². The van der Waals surface area contributed by atoms with Crippen LogP contribution < -0.4 is 5.32 Å². The fourth-order valence-corrected chi connectivity index (χ4v) is 2.28. The van der Waals surface area contributed by atoms with Gasteiger partial charge in [-0.2, -0.15) is 0 Å². The van der Waals surface area contributed by atoms with Crippen LogP contribution in [0.1, 0.15) is 29.0 Å². The smallest absolute Gasteiger partial charge is 0.342 e. The highest BCUT2D eigenvalue weighted by molar-refractivity contribution is 8.00. The Morgan fingerprint density at radius 1 is 1.53 bits per heavy atom. The number of thioether (sulfide) groups is 1. The highest BCUT2D eigenvalue weighted by Crippen LogP contribution is 2.22. The molecule has 19 heavy (non-hydrogen) atoms. The first-order valence-corrected chi connectivity index (χ1v) is 6.93. The zero-order valence-corrected chi connectivity index (χ0v) is 11.6. The molecule has 1 aliphatic carbocycles. The summed E-state index contributed by atoms with van der Waals surface area (Å²) in [4.78, 5) is 31.3. The summed E-state index contributed by atoms with van der Waals surface area (Å²) in [6.07, 6.45) is 3.53. The molecular formula is C12H15N3O3S. The van der Waals surface area contributed by atoms with Gasteiger partial charge in [0.25, 0.3) is 0 Å². The van der Waals surface area contributed by atoms with Crippen LogP contribution in [0.25, 0.3) is 0 Å². The lowest BCUT2D eigenvalue weighted by atomic mass is 10.3. The van der Waals surface area contributed by atoms with E-state index in [2.05, 4.69) is 20.0 Å². The van der Waals surface area contributed by atoms with Crippen molar-refractivity contribution in [2.75, 3.05) is 12.9 Å². The van der Waals surface area contributed by atoms with Crippen LogP contribution in [0.4, 0.5) is 0 Å². The van der Waals surface area contributed by atoms with Crippen molar-refractivity contribution < 1.29 is 14.3 Å². The van der Waals surface area contributed by atoms with E-state index in [-0.39, 0.29) is 17.2 Å². The maximum atomic E-state index is 11.6. The van der Waals surface area contributed by atoms with Crippen LogP contribution in [0.15, 0.2) is 11.2 Å². The summed E-state index contributed by atoms with van der Waals surface area (Å²) >= 11 is 1.22. The Labute approximate surface area is 115 Å². The summed E-state index contributed by atoms with van der Waals surface area (Å²) in [6, 6.07) is 0.334. The molecule has 1 fully saturated rings. The predicted molar refractivity (Wildman–Crippen MR) is 70.0 cm³/mol. The quantitative estimate of drug-likeness (QED) is 0.491. The maximum Gasteiger partial charge on any atom is 0.342 e. The lowest BCUT2D eigenvalue weighted by Crippen LogP contribution is -2.27. The first-order valence-electron chi connectivity index (χ1n) is 5.94. The van der Waals surface area contributed by atoms with Crippen molar-refractivity contribution in [1.29, 1.82) is 0 Å². The van der Waals surface area contributed by atoms with Crippen LogP contribution in [0.5, 0.6) is 0 Å². The monoisotopic (exact) mass is 281 g/mol. The number of hydrogen-bond acceptors (Lipinski definition) is 6. The molecule has 0 unspecified atom stereocenters. The molecule has 0 bridgehead atoms. The molecule has 1 aromatic rings. The fourth-order valence-electron chi connectivity index (χ4n) is 1.44. The molecule has 0 aliphatic heterocycles. The Morgan fingerprint density at radius 2 is 2.26 bits per heavy atom. The van der Waals surface area contributed by atoms with E-state index in [4.69, 9.17) is 0 Å². The Balaban J connectivity index is 2.02. The van der Waals surface area contributed by atoms with E-state index in [9.17, 15) is 9.59 Å². The molecule has 0 radical (unpaired) electrons. The molecule has 1 saturated carbocycles. The van der Waals surface area contributed by atoms with Crippen molar-refractivity contribution in [2.24, 2.45) is 0 Å². The third-order valence-electron chi connectivity index (χ3n) is 2.56. The SMILES string of the molecule is COC(=O)c1cnc(C)nc1SCC(=O)NC1CC1. The molecule has 1 aromatic heterocycles. The molecule has 1 aliphatic rings. The van der Waals surface area contributed by atoms with Crippen molar-refractivity contribution in [3.63, 3.8) is 0 Å². The van der Waals surface area contributed by atoms with Gasteiger partial charge < -0.3 is 10.1 Å². The number of esters is 1. The van der Waals surface area contributed by atoms with E-state index < -0.39 is 5.97 Å². The lowest BCUT2D eigenvalue weighted by Gasteiger charge is -2.07. The number of nitrogens with zero attached hydrogens (tertiary/aromatic N) is 2. The zero-order chi connectivity index (χ0) is 13.8. The van der Waals surface area contributed by atoms with E-state index in [0.717, 1.165) is 12.8 Å². The van der Waals surface area contributed by atoms with Crippen LogP contribution in [0, 0.1) is 6.92 Å². The van der Waals surface area contributed by atoms with Gasteiger partial charge >= 0.3 is 5.97 Å². The summed E-state index contributed by atoms with van der Waals surface area (Å²) < 4.78 is 4.67. The average Bonchev–Trinajstić information content (AvgIpc) is 3.19. The van der Waals surface area contributed by atoms with Gasteiger partial charge in [0.05, 0.1) is 12.9 Å². The molecule has 1 amide bonds. The highest BCUT2D eigenvalue weighted by atomic mass is 32.2. The Hall–Kier alpha value is -1.63. The van der Waals surface area contributed by atoms with Crippen LogP contribution in [-0.2, 0) is 9.53 Å². The van der Waals surface area contributed by atoms with Crippen LogP contribution in [0.3, 0.4) is 0 Å². The largest absolute Gasteiger partial charge is 0.465 e. The van der Waals surface area contributed by atoms with Gasteiger partial charge in [-0.1, -0.05) is 11.8 Å². The molecule has 1 N–H and O–H groups in total. The van der Waals surface area contributed by atoms with Crippen molar-refractivity contribution in [3.05, 3.63) is 17.6 Å². The second kappa shape index (κ2) is 6.01. The molecule has 0 spiro atoms. The maximum absolute atomic E-state index is 11.6. The minimum absolute atomic E-state index is 0.0421. The molecule has 0 aromatic carbocycles. The number of ether oxygens (including phenoxy) is 1. The van der Waals surface area contributed by atoms with Gasteiger partial charge in [-0.05, 0) is 19.8 Å². The molecule has 1 heterocycles. The van der Waals surface area contributed by atoms with E-state index in [1.165, 1.54) is 25.1 Å². The van der Waals surface area contributed by atoms with Gasteiger partial charge in [0.15, 0.2) is 0 Å². The van der Waals surface area contributed by atoms with Gasteiger partial charge in [-0.25, -0.2) is 14.8 Å². The predicted octanol–water partition coefficient (Wildman–Crippen LogP) is 0.942. The first-order chi connectivity index (χ1) is 9.10. The first kappa shape index (κ1) is 13.8. The Kier molecular flexibility index (Phi) is 4.36. The van der Waals surface area contributed by atoms with Gasteiger partial charge in [-0.15, -0.1) is 0 Å². The highest BCUT2D eigenvalue weighted by Gasteiger charge is 2.23. The van der Waals surface area contributed by atoms with Crippen molar-refractivity contribution in [3.8, 4) is 0 Å². The second-order valence-corrected chi connectivity index (χ2v) is 5.22. The lowest BCUT2D eigenvalue weighted by molar-refractivity contribution is -0.118. The van der Waals surface area contributed by atoms with Crippen LogP contribution >= 0.6 is 11.8 Å². The van der Waals surface area contributed by atoms with Gasteiger partial charge in [0.2, 0.25) is 5.91 Å². The Bertz CT molecular complexity index is 503. The van der Waals surface area contributed by atoms with E-state index in [1.54, 1.807) is 6.92 Å². The number of carbonyl (C=O) groups is 2. The third-order valence-corrected chi connectivity index (χ3v) is 3.55. The molecule has 0 atom stereocenters. The molecule has 0 saturated heterocycles. The Morgan fingerprint density at radius 3 is 2.89 bits per heavy atom. The number of aryl methyl sites for hydroxylation is 1. The number of aromatic nitrogens is 2. The van der Waals surface area contributed by atoms with Gasteiger partial charge in [-0.3, -0.25) is 4.79 Å². The normalized spacial score (nSPS) is 14.0. The summed E-state index contributed by atoms with van der Waals surface area (Å²) in [5.41, 5.74) is 0.289. The number of hydrogen-bond donors (Lipinski definition) is 1. The topological polar surface area (TPSA) is 81.2 Å². The second-order valence-electron chi connectivity index (χ2n) is 4.26. The van der Waals surface area contributed by atoms with Gasteiger partial charge in [0.1, 0.15) is 16.4 Å². The minimum Gasteiger partial charge on any atom is -0.465 e. The summed E-state index contributed by atoms with van der Waals surface area (Å²) in [5, 5.41) is 3.36. The molecule has 102 valence electrons. The number of amides is 1. The minimum atomic E-state index is -0.495. The van der Waals surface area contributed by atoms with E-state index in [0.29, 0.717) is 16.9 Å². The number of rotatable bonds is 5. The van der Waals surface area contributed by atoms with Crippen molar-refractivity contribution >= 4 is 23.6 Å². The number of carbonyl (C=O) groups excluding carboxylic acids is 2. The number of nitrogens with one attached hydrogen (secondary N) is 1. The number of methoxy groups -OCH3 is 1. The van der Waals surface area contributed by atoms with Crippen LogP contribution in [-0.4, -0.2) is 40.7 Å². The van der Waals surface area contributed by atoms with Crippen LogP contribution in [0.2, 0.25) is 0 Å². The molecule has 7 heteroatoms. The molecular weight excluding hydrogens is 266 g/mol. The zero-order valence-electron chi connectivity index (χ0n) is 10.8. The standard InChI is InChI=1S/C12H15N3O3S/c1-7-13-5-9(12(17)18-2)11(14-7)19-6-10(16)15-8-3-4-8/h5,8H,3-4,6H2,1-2H3,(H,15,16). The van der Waals surface area contributed by atoms with Crippen molar-refractivity contribution in [2.45, 2.75) is 30.8 Å². The summed E-state index contributed by atoms with van der Waals surface area (Å²) in [7, 11) is 1.30. The van der Waals surface area contributed by atoms with E-state index >= 15 is 0 Å². The summed E-state index contributed by atoms with van der Waals surface area (Å²) in [6.45, 7) is 1.73. The summed E-state index contributed by atoms with van der Waals surface area (Å²) in [5.74, 6) is 0.249. The third kappa shape index (κ3) is 3.92. The molecule has 2 rings (SSSR count). The van der Waals surface area contributed by atoms with Crippen molar-refractivity contribution in [1.82, 2.24) is 15.3 Å². The van der Waals surface area contributed by atoms with Gasteiger partial charge in [0, 0.05) is 12.2 Å². The molecule has 6 nitrogen and oxygen atoms in total. The fraction of sp³-hybridized carbons (Fsp3) is 0.500.